The first-order chi connectivity index (χ1) is 13.6. The molecule has 3 aromatic carbocycles. The fraction of sp³-hybridized carbons (Fsp3) is 0.292. The minimum Gasteiger partial charge on any atom is -0.494 e. The number of benzene rings is 3. The van der Waals surface area contributed by atoms with Crippen LogP contribution in [0.25, 0.3) is 10.8 Å². The number of fused-ring (bicyclic) bond motifs is 1. The number of ether oxygens (including phenoxy) is 1. The smallest absolute Gasteiger partial charge is 0.224 e. The van der Waals surface area contributed by atoms with Gasteiger partial charge >= 0.3 is 0 Å². The highest BCUT2D eigenvalue weighted by atomic mass is 16.5. The summed E-state index contributed by atoms with van der Waals surface area (Å²) >= 11 is 0. The summed E-state index contributed by atoms with van der Waals surface area (Å²) in [7, 11) is 4.09. The summed E-state index contributed by atoms with van der Waals surface area (Å²) in [6.45, 7) is 3.16. The molecule has 4 nitrogen and oxygen atoms in total. The molecule has 0 unspecified atom stereocenters. The van der Waals surface area contributed by atoms with Crippen LogP contribution in [0, 0.1) is 0 Å². The lowest BCUT2D eigenvalue weighted by Gasteiger charge is -2.26. The van der Waals surface area contributed by atoms with Gasteiger partial charge in [0.15, 0.2) is 0 Å². The molecule has 4 heteroatoms. The van der Waals surface area contributed by atoms with Gasteiger partial charge in [-0.2, -0.15) is 0 Å². The first-order valence-corrected chi connectivity index (χ1v) is 9.71. The minimum atomic E-state index is 0.0243. The SMILES string of the molecule is CCOc1ccc(CC(=O)NC[C@H](c2cccc3ccccc23)N(C)C)cc1. The van der Waals surface area contributed by atoms with Gasteiger partial charge < -0.3 is 15.0 Å². The average molecular weight is 377 g/mol. The van der Waals surface area contributed by atoms with Crippen LogP contribution in [0.1, 0.15) is 24.1 Å². The largest absolute Gasteiger partial charge is 0.494 e. The molecule has 3 aromatic rings. The number of carbonyl (C=O) groups is 1. The first kappa shape index (κ1) is 19.9. The average Bonchev–Trinajstić information content (AvgIpc) is 2.70. The molecule has 0 aliphatic carbocycles. The Morgan fingerprint density at radius 2 is 1.71 bits per heavy atom. The quantitative estimate of drug-likeness (QED) is 0.641. The van der Waals surface area contributed by atoms with Crippen molar-refractivity contribution in [3.8, 4) is 5.75 Å². The van der Waals surface area contributed by atoms with Gasteiger partial charge in [0.25, 0.3) is 0 Å². The summed E-state index contributed by atoms with van der Waals surface area (Å²) in [4.78, 5) is 14.6. The van der Waals surface area contributed by atoms with Crippen molar-refractivity contribution in [3.05, 3.63) is 77.9 Å². The van der Waals surface area contributed by atoms with Crippen LogP contribution in [0.3, 0.4) is 0 Å². The second-order valence-corrected chi connectivity index (χ2v) is 7.11. The third-order valence-corrected chi connectivity index (χ3v) is 4.90. The van der Waals surface area contributed by atoms with Crippen molar-refractivity contribution in [2.24, 2.45) is 0 Å². The van der Waals surface area contributed by atoms with E-state index in [-0.39, 0.29) is 11.9 Å². The zero-order valence-corrected chi connectivity index (χ0v) is 16.8. The molecule has 0 fully saturated rings. The van der Waals surface area contributed by atoms with Gasteiger partial charge in [-0.25, -0.2) is 0 Å². The molecule has 1 atom stereocenters. The van der Waals surface area contributed by atoms with Crippen molar-refractivity contribution in [2.75, 3.05) is 27.2 Å². The summed E-state index contributed by atoms with van der Waals surface area (Å²) < 4.78 is 5.45. The second-order valence-electron chi connectivity index (χ2n) is 7.11. The van der Waals surface area contributed by atoms with E-state index >= 15 is 0 Å². The standard InChI is InChI=1S/C24H28N2O2/c1-4-28-20-14-12-18(13-15-20)16-24(27)25-17-23(26(2)3)22-11-7-9-19-8-5-6-10-21(19)22/h5-15,23H,4,16-17H2,1-3H3,(H,25,27)/t23-/m1/s1. The monoisotopic (exact) mass is 376 g/mol. The molecule has 0 aliphatic heterocycles. The third-order valence-electron chi connectivity index (χ3n) is 4.90. The molecular formula is C24H28N2O2. The maximum Gasteiger partial charge on any atom is 0.224 e. The lowest BCUT2D eigenvalue weighted by molar-refractivity contribution is -0.120. The predicted molar refractivity (Wildman–Crippen MR) is 115 cm³/mol. The van der Waals surface area contributed by atoms with E-state index in [0.717, 1.165) is 11.3 Å². The molecule has 0 aliphatic rings. The predicted octanol–water partition coefficient (Wildman–Crippen LogP) is 4.20. The van der Waals surface area contributed by atoms with Crippen LogP contribution in [0.5, 0.6) is 5.75 Å². The van der Waals surface area contributed by atoms with Crippen molar-refractivity contribution in [2.45, 2.75) is 19.4 Å². The fourth-order valence-corrected chi connectivity index (χ4v) is 3.44. The van der Waals surface area contributed by atoms with E-state index < -0.39 is 0 Å². The topological polar surface area (TPSA) is 41.6 Å². The molecule has 0 saturated heterocycles. The Bertz CT molecular complexity index is 914. The van der Waals surface area contributed by atoms with Gasteiger partial charge in [-0.05, 0) is 55.1 Å². The van der Waals surface area contributed by atoms with Gasteiger partial charge in [0.1, 0.15) is 5.75 Å². The Kier molecular flexibility index (Phi) is 6.66. The molecule has 0 saturated carbocycles. The van der Waals surface area contributed by atoms with Crippen LogP contribution < -0.4 is 10.1 Å². The lowest BCUT2D eigenvalue weighted by Crippen LogP contribution is -2.35. The fourth-order valence-electron chi connectivity index (χ4n) is 3.44. The number of hydrogen-bond acceptors (Lipinski definition) is 3. The third kappa shape index (κ3) is 4.90. The molecule has 0 radical (unpaired) electrons. The Balaban J connectivity index is 1.67. The molecule has 146 valence electrons. The number of likely N-dealkylation sites (N-methyl/N-ethyl adjacent to an activating group) is 1. The van der Waals surface area contributed by atoms with Gasteiger partial charge in [-0.15, -0.1) is 0 Å². The summed E-state index contributed by atoms with van der Waals surface area (Å²) in [5, 5.41) is 5.55. The summed E-state index contributed by atoms with van der Waals surface area (Å²) in [5.41, 5.74) is 2.21. The van der Waals surface area contributed by atoms with Crippen LogP contribution in [0.2, 0.25) is 0 Å². The normalized spacial score (nSPS) is 12.1. The Morgan fingerprint density at radius 1 is 1.00 bits per heavy atom. The number of amides is 1. The second kappa shape index (κ2) is 9.38. The molecule has 0 heterocycles. The molecule has 0 spiro atoms. The number of nitrogens with one attached hydrogen (secondary N) is 1. The van der Waals surface area contributed by atoms with Gasteiger partial charge in [0.05, 0.1) is 19.1 Å². The summed E-state index contributed by atoms with van der Waals surface area (Å²) in [5.74, 6) is 0.853. The van der Waals surface area contributed by atoms with Crippen LogP contribution >= 0.6 is 0 Å². The van der Waals surface area contributed by atoms with Gasteiger partial charge in [-0.3, -0.25) is 4.79 Å². The maximum atomic E-state index is 12.5. The molecule has 0 aromatic heterocycles. The molecule has 28 heavy (non-hydrogen) atoms. The maximum absolute atomic E-state index is 12.5. The number of rotatable bonds is 8. The highest BCUT2D eigenvalue weighted by Crippen LogP contribution is 2.26. The summed E-state index contributed by atoms with van der Waals surface area (Å²) in [6.07, 6.45) is 0.363. The Labute approximate surface area is 167 Å². The minimum absolute atomic E-state index is 0.0243. The zero-order chi connectivity index (χ0) is 19.9. The molecule has 0 bridgehead atoms. The van der Waals surface area contributed by atoms with Crippen LogP contribution in [-0.4, -0.2) is 38.1 Å². The van der Waals surface area contributed by atoms with Gasteiger partial charge in [-0.1, -0.05) is 54.6 Å². The Morgan fingerprint density at radius 3 is 2.43 bits per heavy atom. The van der Waals surface area contributed by atoms with Crippen molar-refractivity contribution < 1.29 is 9.53 Å². The Hall–Kier alpha value is -2.85. The van der Waals surface area contributed by atoms with Crippen LogP contribution in [0.15, 0.2) is 66.7 Å². The van der Waals surface area contributed by atoms with E-state index in [1.165, 1.54) is 16.3 Å². The number of nitrogens with zero attached hydrogens (tertiary/aromatic N) is 1. The van der Waals surface area contributed by atoms with E-state index in [4.69, 9.17) is 4.74 Å². The van der Waals surface area contributed by atoms with Crippen molar-refractivity contribution in [3.63, 3.8) is 0 Å². The van der Waals surface area contributed by atoms with E-state index in [9.17, 15) is 4.79 Å². The lowest BCUT2D eigenvalue weighted by atomic mass is 9.98. The molecule has 3 rings (SSSR count). The van der Waals surface area contributed by atoms with Crippen LogP contribution in [0.4, 0.5) is 0 Å². The molecule has 1 amide bonds. The van der Waals surface area contributed by atoms with E-state index in [2.05, 4.69) is 52.7 Å². The highest BCUT2D eigenvalue weighted by Gasteiger charge is 2.17. The van der Waals surface area contributed by atoms with Crippen molar-refractivity contribution in [1.82, 2.24) is 10.2 Å². The van der Waals surface area contributed by atoms with Crippen molar-refractivity contribution >= 4 is 16.7 Å². The molecular weight excluding hydrogens is 348 g/mol. The first-order valence-electron chi connectivity index (χ1n) is 9.71. The van der Waals surface area contributed by atoms with Crippen LogP contribution in [-0.2, 0) is 11.2 Å². The van der Waals surface area contributed by atoms with E-state index in [1.807, 2.05) is 45.3 Å². The summed E-state index contributed by atoms with van der Waals surface area (Å²) in [6, 6.07) is 22.5. The van der Waals surface area contributed by atoms with Crippen molar-refractivity contribution in [1.29, 1.82) is 0 Å². The van der Waals surface area contributed by atoms with Gasteiger partial charge in [0.2, 0.25) is 5.91 Å². The van der Waals surface area contributed by atoms with E-state index in [1.54, 1.807) is 0 Å². The number of hydrogen-bond donors (Lipinski definition) is 1. The molecule has 1 N–H and O–H groups in total. The number of carbonyl (C=O) groups excluding carboxylic acids is 1. The van der Waals surface area contributed by atoms with E-state index in [0.29, 0.717) is 19.6 Å². The highest BCUT2D eigenvalue weighted by molar-refractivity contribution is 5.86. The zero-order valence-electron chi connectivity index (χ0n) is 16.8. The van der Waals surface area contributed by atoms with Gasteiger partial charge in [0, 0.05) is 6.54 Å².